The maximum atomic E-state index is 4.51. The Labute approximate surface area is 145 Å². The molecule has 0 radical (unpaired) electrons. The fourth-order valence-electron chi connectivity index (χ4n) is 2.27. The van der Waals surface area contributed by atoms with Crippen molar-refractivity contribution >= 4 is 29.9 Å². The molecule has 1 saturated carbocycles. The van der Waals surface area contributed by atoms with Crippen LogP contribution in [-0.4, -0.2) is 35.9 Å². The second-order valence-electron chi connectivity index (χ2n) is 5.99. The Morgan fingerprint density at radius 3 is 2.67 bits per heavy atom. The zero-order chi connectivity index (χ0) is 14.5. The molecule has 0 spiro atoms. The number of aliphatic imine (C=N–C) groups is 1. The van der Waals surface area contributed by atoms with E-state index in [1.54, 1.807) is 0 Å². The number of halogens is 1. The molecule has 2 N–H and O–H groups in total. The van der Waals surface area contributed by atoms with Crippen molar-refractivity contribution in [1.82, 2.24) is 20.4 Å². The summed E-state index contributed by atoms with van der Waals surface area (Å²) in [5.41, 5.74) is 2.31. The monoisotopic (exact) mass is 405 g/mol. The molecule has 0 amide bonds. The minimum absolute atomic E-state index is 0. The second kappa shape index (κ2) is 8.60. The average molecular weight is 405 g/mol. The summed E-state index contributed by atoms with van der Waals surface area (Å²) in [6.45, 7) is 9.27. The number of nitrogens with one attached hydrogen (secondary N) is 2. The third-order valence-electron chi connectivity index (χ3n) is 3.68. The topological polar surface area (TPSA) is 54.2 Å². The fourth-order valence-corrected chi connectivity index (χ4v) is 2.27. The normalized spacial score (nSPS) is 16.3. The minimum Gasteiger partial charge on any atom is -0.356 e. The van der Waals surface area contributed by atoms with Gasteiger partial charge in [-0.25, -0.2) is 0 Å². The summed E-state index contributed by atoms with van der Waals surface area (Å²) < 4.78 is 2.09. The number of nitrogens with zero attached hydrogens (tertiary/aromatic N) is 3. The maximum absolute atomic E-state index is 4.51. The van der Waals surface area contributed by atoms with Gasteiger partial charge in [0.15, 0.2) is 5.96 Å². The molecule has 1 heterocycles. The highest BCUT2D eigenvalue weighted by Crippen LogP contribution is 2.27. The molecule has 1 fully saturated rings. The summed E-state index contributed by atoms with van der Waals surface area (Å²) in [7, 11) is 1.83. The zero-order valence-electron chi connectivity index (χ0n) is 13.5. The summed E-state index contributed by atoms with van der Waals surface area (Å²) in [4.78, 5) is 4.26. The highest BCUT2D eigenvalue weighted by molar-refractivity contribution is 14.0. The fraction of sp³-hybridized carbons (Fsp3) is 0.733. The summed E-state index contributed by atoms with van der Waals surface area (Å²) in [5.74, 6) is 2.28. The standard InChI is InChI=1S/C15H27N5.HI/c1-11(10-20-13(3)7-12(2)19-20)8-17-15(16-4)18-9-14-5-6-14;/h7,11,14H,5-6,8-10H2,1-4H3,(H2,16,17,18);1H. The summed E-state index contributed by atoms with van der Waals surface area (Å²) in [6, 6.07) is 2.12. The van der Waals surface area contributed by atoms with E-state index >= 15 is 0 Å². The molecule has 1 unspecified atom stereocenters. The van der Waals surface area contributed by atoms with Crippen LogP contribution >= 0.6 is 24.0 Å². The van der Waals surface area contributed by atoms with Gasteiger partial charge in [0.05, 0.1) is 5.69 Å². The van der Waals surface area contributed by atoms with E-state index in [0.29, 0.717) is 5.92 Å². The lowest BCUT2D eigenvalue weighted by atomic mass is 10.2. The highest BCUT2D eigenvalue weighted by atomic mass is 127. The van der Waals surface area contributed by atoms with Crippen molar-refractivity contribution in [3.8, 4) is 0 Å². The molecular formula is C15H28IN5. The molecule has 1 aromatic rings. The Balaban J connectivity index is 0.00000220. The second-order valence-corrected chi connectivity index (χ2v) is 5.99. The van der Waals surface area contributed by atoms with E-state index in [1.165, 1.54) is 18.5 Å². The molecule has 1 aliphatic carbocycles. The Kier molecular flexibility index (Phi) is 7.48. The molecule has 120 valence electrons. The van der Waals surface area contributed by atoms with Crippen LogP contribution in [0.4, 0.5) is 0 Å². The van der Waals surface area contributed by atoms with Crippen LogP contribution in [0.25, 0.3) is 0 Å². The van der Waals surface area contributed by atoms with E-state index in [2.05, 4.69) is 45.3 Å². The summed E-state index contributed by atoms with van der Waals surface area (Å²) in [5, 5.41) is 11.3. The van der Waals surface area contributed by atoms with E-state index < -0.39 is 0 Å². The first-order valence-electron chi connectivity index (χ1n) is 7.54. The van der Waals surface area contributed by atoms with Gasteiger partial charge in [0.25, 0.3) is 0 Å². The van der Waals surface area contributed by atoms with Crippen molar-refractivity contribution in [2.24, 2.45) is 16.8 Å². The first-order chi connectivity index (χ1) is 9.58. The van der Waals surface area contributed by atoms with E-state index in [0.717, 1.165) is 37.2 Å². The quantitative estimate of drug-likeness (QED) is 0.434. The Bertz CT molecular complexity index is 465. The van der Waals surface area contributed by atoms with Gasteiger partial charge in [0.1, 0.15) is 0 Å². The predicted molar refractivity (Wildman–Crippen MR) is 98.4 cm³/mol. The molecule has 1 atom stereocenters. The molecule has 5 nitrogen and oxygen atoms in total. The van der Waals surface area contributed by atoms with Crippen LogP contribution < -0.4 is 10.6 Å². The molecule has 2 rings (SSSR count). The van der Waals surface area contributed by atoms with Gasteiger partial charge in [-0.15, -0.1) is 24.0 Å². The maximum Gasteiger partial charge on any atom is 0.190 e. The third kappa shape index (κ3) is 6.23. The van der Waals surface area contributed by atoms with Crippen molar-refractivity contribution in [2.45, 2.75) is 40.2 Å². The highest BCUT2D eigenvalue weighted by Gasteiger charge is 2.21. The number of guanidine groups is 1. The Hall–Kier alpha value is -0.790. The van der Waals surface area contributed by atoms with Crippen LogP contribution in [0.3, 0.4) is 0 Å². The number of aryl methyl sites for hydroxylation is 2. The molecule has 1 aliphatic rings. The molecule has 21 heavy (non-hydrogen) atoms. The predicted octanol–water partition coefficient (Wildman–Crippen LogP) is 2.33. The van der Waals surface area contributed by atoms with Crippen LogP contribution in [-0.2, 0) is 6.54 Å². The first-order valence-corrected chi connectivity index (χ1v) is 7.54. The Morgan fingerprint density at radius 2 is 2.14 bits per heavy atom. The van der Waals surface area contributed by atoms with E-state index in [-0.39, 0.29) is 24.0 Å². The average Bonchev–Trinajstić information content (AvgIpc) is 3.17. The largest absolute Gasteiger partial charge is 0.356 e. The van der Waals surface area contributed by atoms with Gasteiger partial charge in [-0.05, 0) is 44.6 Å². The molecule has 0 aliphatic heterocycles. The van der Waals surface area contributed by atoms with E-state index in [4.69, 9.17) is 0 Å². The van der Waals surface area contributed by atoms with Crippen LogP contribution in [0.1, 0.15) is 31.2 Å². The van der Waals surface area contributed by atoms with Gasteiger partial charge in [-0.2, -0.15) is 5.10 Å². The molecule has 1 aromatic heterocycles. The number of hydrogen-bond acceptors (Lipinski definition) is 2. The molecule has 0 saturated heterocycles. The summed E-state index contributed by atoms with van der Waals surface area (Å²) >= 11 is 0. The lowest BCUT2D eigenvalue weighted by Crippen LogP contribution is -2.40. The third-order valence-corrected chi connectivity index (χ3v) is 3.68. The first kappa shape index (κ1) is 18.3. The van der Waals surface area contributed by atoms with Crippen molar-refractivity contribution in [3.63, 3.8) is 0 Å². The summed E-state index contributed by atoms with van der Waals surface area (Å²) in [6.07, 6.45) is 2.72. The molecule has 0 aromatic carbocycles. The van der Waals surface area contributed by atoms with Gasteiger partial charge in [-0.3, -0.25) is 9.67 Å². The van der Waals surface area contributed by atoms with Gasteiger partial charge in [-0.1, -0.05) is 6.92 Å². The van der Waals surface area contributed by atoms with Crippen LogP contribution in [0, 0.1) is 25.7 Å². The number of aromatic nitrogens is 2. The Morgan fingerprint density at radius 1 is 1.43 bits per heavy atom. The zero-order valence-corrected chi connectivity index (χ0v) is 15.8. The molecule has 0 bridgehead atoms. The van der Waals surface area contributed by atoms with Crippen LogP contribution in [0.15, 0.2) is 11.1 Å². The van der Waals surface area contributed by atoms with E-state index in [1.807, 2.05) is 14.0 Å². The lowest BCUT2D eigenvalue weighted by molar-refractivity contribution is 0.435. The van der Waals surface area contributed by atoms with Crippen LogP contribution in [0.5, 0.6) is 0 Å². The van der Waals surface area contributed by atoms with Crippen molar-refractivity contribution in [1.29, 1.82) is 0 Å². The molecular weight excluding hydrogens is 377 g/mol. The van der Waals surface area contributed by atoms with Crippen LogP contribution in [0.2, 0.25) is 0 Å². The van der Waals surface area contributed by atoms with Crippen molar-refractivity contribution < 1.29 is 0 Å². The number of hydrogen-bond donors (Lipinski definition) is 2. The van der Waals surface area contributed by atoms with Crippen molar-refractivity contribution in [3.05, 3.63) is 17.5 Å². The van der Waals surface area contributed by atoms with Gasteiger partial charge in [0, 0.05) is 32.4 Å². The van der Waals surface area contributed by atoms with E-state index in [9.17, 15) is 0 Å². The van der Waals surface area contributed by atoms with Crippen molar-refractivity contribution in [2.75, 3.05) is 20.1 Å². The SMILES string of the molecule is CN=C(NCC(C)Cn1nc(C)cc1C)NCC1CC1.I. The lowest BCUT2D eigenvalue weighted by Gasteiger charge is -2.16. The van der Waals surface area contributed by atoms with Gasteiger partial charge < -0.3 is 10.6 Å². The smallest absolute Gasteiger partial charge is 0.190 e. The minimum atomic E-state index is 0. The number of rotatable bonds is 6. The van der Waals surface area contributed by atoms with Gasteiger partial charge >= 0.3 is 0 Å². The van der Waals surface area contributed by atoms with Gasteiger partial charge in [0.2, 0.25) is 0 Å². The molecule has 6 heteroatoms.